The molecular formula is C34H41N7O2. The summed E-state index contributed by atoms with van der Waals surface area (Å²) in [6.07, 6.45) is 6.35. The first kappa shape index (κ1) is 31.5. The van der Waals surface area contributed by atoms with Crippen LogP contribution in [0.15, 0.2) is 79.0 Å². The zero-order chi connectivity index (χ0) is 30.7. The Morgan fingerprint density at radius 3 is 2.33 bits per heavy atom. The molecule has 0 aliphatic heterocycles. The first-order valence-electron chi connectivity index (χ1n) is 14.7. The second-order valence-electron chi connectivity index (χ2n) is 11.1. The van der Waals surface area contributed by atoms with Gasteiger partial charge in [0.05, 0.1) is 11.8 Å². The van der Waals surface area contributed by atoms with E-state index in [1.807, 2.05) is 49.7 Å². The maximum absolute atomic E-state index is 11.6. The summed E-state index contributed by atoms with van der Waals surface area (Å²) in [6, 6.07) is 25.0. The molecule has 3 aromatic carbocycles. The summed E-state index contributed by atoms with van der Waals surface area (Å²) in [5.41, 5.74) is 6.45. The number of carbonyl (C=O) groups excluding carboxylic acids is 1. The number of carbonyl (C=O) groups is 1. The van der Waals surface area contributed by atoms with Gasteiger partial charge in [0.15, 0.2) is 6.29 Å². The Labute approximate surface area is 253 Å². The largest absolute Gasteiger partial charge is 0.390 e. The molecule has 43 heavy (non-hydrogen) atoms. The predicted molar refractivity (Wildman–Crippen MR) is 171 cm³/mol. The van der Waals surface area contributed by atoms with E-state index < -0.39 is 5.60 Å². The van der Waals surface area contributed by atoms with Crippen LogP contribution in [0.4, 0.5) is 0 Å². The van der Waals surface area contributed by atoms with Crippen molar-refractivity contribution in [3.63, 3.8) is 0 Å². The molecule has 0 aliphatic rings. The molecular weight excluding hydrogens is 538 g/mol. The number of aliphatic hydroxyl groups is 1. The molecule has 0 atom stereocenters. The number of nitrogens with zero attached hydrogens (tertiary/aromatic N) is 5. The highest BCUT2D eigenvalue weighted by molar-refractivity contribution is 5.84. The molecule has 5 aromatic rings. The van der Waals surface area contributed by atoms with Crippen LogP contribution in [0.25, 0.3) is 33.6 Å². The van der Waals surface area contributed by atoms with E-state index in [1.165, 1.54) is 0 Å². The van der Waals surface area contributed by atoms with Gasteiger partial charge >= 0.3 is 0 Å². The zero-order valence-electron chi connectivity index (χ0n) is 25.4. The molecule has 0 saturated heterocycles. The molecule has 0 radical (unpaired) electrons. The Morgan fingerprint density at radius 2 is 1.72 bits per heavy atom. The molecule has 5 rings (SSSR count). The summed E-state index contributed by atoms with van der Waals surface area (Å²) in [6.45, 7) is 7.26. The maximum atomic E-state index is 11.6. The number of aryl methyl sites for hydroxylation is 1. The van der Waals surface area contributed by atoms with Crippen molar-refractivity contribution in [1.82, 2.24) is 35.5 Å². The van der Waals surface area contributed by atoms with Crippen molar-refractivity contribution < 1.29 is 9.90 Å². The van der Waals surface area contributed by atoms with Gasteiger partial charge in [-0.2, -0.15) is 5.21 Å². The number of unbranched alkanes of at least 4 members (excludes halogenated alkanes) is 1. The summed E-state index contributed by atoms with van der Waals surface area (Å²) in [4.78, 5) is 16.0. The van der Waals surface area contributed by atoms with E-state index in [0.717, 1.165) is 77.7 Å². The number of hydrogen-bond donors (Lipinski definition) is 3. The summed E-state index contributed by atoms with van der Waals surface area (Å²) in [5.74, 6) is 1.51. The molecule has 2 heterocycles. The number of aromatic amines is 1. The summed E-state index contributed by atoms with van der Waals surface area (Å²) >= 11 is 0. The molecule has 9 nitrogen and oxygen atoms in total. The molecule has 0 bridgehead atoms. The smallest absolute Gasteiger partial charge is 0.205 e. The lowest BCUT2D eigenvalue weighted by atomic mass is 9.93. The van der Waals surface area contributed by atoms with Crippen LogP contribution in [0.3, 0.4) is 0 Å². The number of aldehydes is 1. The Balaban J connectivity index is 0.000000467. The molecule has 0 saturated carbocycles. The van der Waals surface area contributed by atoms with E-state index in [0.29, 0.717) is 18.1 Å². The number of aromatic nitrogens is 6. The van der Waals surface area contributed by atoms with Crippen molar-refractivity contribution in [2.45, 2.75) is 58.6 Å². The van der Waals surface area contributed by atoms with Gasteiger partial charge in [0, 0.05) is 18.5 Å². The van der Waals surface area contributed by atoms with Gasteiger partial charge in [-0.15, -0.1) is 10.2 Å². The normalized spacial score (nSPS) is 11.2. The Morgan fingerprint density at radius 1 is 0.977 bits per heavy atom. The fourth-order valence-corrected chi connectivity index (χ4v) is 4.71. The third-order valence-electron chi connectivity index (χ3n) is 7.15. The molecule has 0 spiro atoms. The second kappa shape index (κ2) is 15.1. The molecule has 224 valence electrons. The quantitative estimate of drug-likeness (QED) is 0.156. The lowest BCUT2D eigenvalue weighted by molar-refractivity contribution is 0.0718. The summed E-state index contributed by atoms with van der Waals surface area (Å²) in [7, 11) is 1.88. The zero-order valence-corrected chi connectivity index (χ0v) is 25.4. The minimum absolute atomic E-state index is 0.511. The van der Waals surface area contributed by atoms with Crippen LogP contribution in [0.2, 0.25) is 0 Å². The number of tetrazole rings is 1. The van der Waals surface area contributed by atoms with Crippen LogP contribution in [-0.2, 0) is 13.0 Å². The van der Waals surface area contributed by atoms with Crippen LogP contribution < -0.4 is 5.32 Å². The van der Waals surface area contributed by atoms with E-state index in [2.05, 4.69) is 86.4 Å². The minimum Gasteiger partial charge on any atom is -0.390 e. The van der Waals surface area contributed by atoms with E-state index in [-0.39, 0.29) is 0 Å². The number of benzene rings is 3. The molecule has 0 aliphatic carbocycles. The first-order chi connectivity index (χ1) is 20.8. The van der Waals surface area contributed by atoms with Crippen molar-refractivity contribution in [3.05, 3.63) is 96.1 Å². The van der Waals surface area contributed by atoms with Crippen molar-refractivity contribution in [1.29, 1.82) is 0 Å². The maximum Gasteiger partial charge on any atom is 0.205 e. The molecule has 0 amide bonds. The topological polar surface area (TPSA) is 122 Å². The van der Waals surface area contributed by atoms with Gasteiger partial charge in [0.1, 0.15) is 11.5 Å². The van der Waals surface area contributed by atoms with Gasteiger partial charge < -0.3 is 15.0 Å². The number of rotatable bonds is 12. The monoisotopic (exact) mass is 579 g/mol. The van der Waals surface area contributed by atoms with Crippen LogP contribution in [0.1, 0.15) is 61.9 Å². The van der Waals surface area contributed by atoms with Crippen LogP contribution >= 0.6 is 0 Å². The van der Waals surface area contributed by atoms with Crippen molar-refractivity contribution in [2.24, 2.45) is 0 Å². The SMILES string of the molecule is CCCCc1ncc(C=O)n1Cc1ccc(-c2cc(-c3ccccc3)ccc2-c2nn[nH]n2)cc1.CNCCC(C)(C)O. The van der Waals surface area contributed by atoms with Gasteiger partial charge in [-0.05, 0) is 85.4 Å². The van der Waals surface area contributed by atoms with E-state index in [9.17, 15) is 4.79 Å². The molecule has 2 aromatic heterocycles. The Bertz CT molecular complexity index is 1560. The lowest BCUT2D eigenvalue weighted by Gasteiger charge is -2.15. The number of imidazole rings is 1. The van der Waals surface area contributed by atoms with E-state index >= 15 is 0 Å². The highest BCUT2D eigenvalue weighted by Crippen LogP contribution is 2.34. The summed E-state index contributed by atoms with van der Waals surface area (Å²) < 4.78 is 2.01. The van der Waals surface area contributed by atoms with Crippen molar-refractivity contribution in [2.75, 3.05) is 13.6 Å². The average molecular weight is 580 g/mol. The number of nitrogens with one attached hydrogen (secondary N) is 2. The molecule has 9 heteroatoms. The standard InChI is InChI=1S/C28H26N6O.C6H15NO/c1-2-3-9-27-29-17-24(19-35)34(27)18-20-10-12-22(13-11-20)26-16-23(21-7-5-4-6-8-21)14-15-25(26)28-30-32-33-31-28;1-6(2,8)4-5-7-3/h4-8,10-17,19H,2-3,9,18H2,1H3,(H,30,31,32,33);7-8H,4-5H2,1-3H3. The van der Waals surface area contributed by atoms with Crippen molar-refractivity contribution in [3.8, 4) is 33.6 Å². The van der Waals surface area contributed by atoms with E-state index in [1.54, 1.807) is 6.20 Å². The highest BCUT2D eigenvalue weighted by Gasteiger charge is 2.14. The highest BCUT2D eigenvalue weighted by atomic mass is 16.3. The van der Waals surface area contributed by atoms with Gasteiger partial charge in [-0.25, -0.2) is 4.98 Å². The number of H-pyrrole nitrogens is 1. The fourth-order valence-electron chi connectivity index (χ4n) is 4.71. The van der Waals surface area contributed by atoms with E-state index in [4.69, 9.17) is 5.11 Å². The Hall–Kier alpha value is -4.47. The molecule has 0 unspecified atom stereocenters. The minimum atomic E-state index is -0.511. The van der Waals surface area contributed by atoms with Gasteiger partial charge in [0.2, 0.25) is 5.82 Å². The van der Waals surface area contributed by atoms with Gasteiger partial charge in [-0.3, -0.25) is 4.79 Å². The summed E-state index contributed by atoms with van der Waals surface area (Å²) in [5, 5.41) is 26.8. The molecule has 3 N–H and O–H groups in total. The van der Waals surface area contributed by atoms with Gasteiger partial charge in [-0.1, -0.05) is 74.0 Å². The number of hydrogen-bond acceptors (Lipinski definition) is 7. The second-order valence-corrected chi connectivity index (χ2v) is 11.1. The van der Waals surface area contributed by atoms with Crippen LogP contribution in [0, 0.1) is 0 Å². The van der Waals surface area contributed by atoms with Crippen molar-refractivity contribution >= 4 is 6.29 Å². The molecule has 0 fully saturated rings. The third kappa shape index (κ3) is 8.76. The third-order valence-corrected chi connectivity index (χ3v) is 7.15. The first-order valence-corrected chi connectivity index (χ1v) is 14.7. The fraction of sp³-hybridized carbons (Fsp3) is 0.324. The Kier molecular flexibility index (Phi) is 11.1. The lowest BCUT2D eigenvalue weighted by Crippen LogP contribution is -2.24. The van der Waals surface area contributed by atoms with Crippen LogP contribution in [-0.4, -0.2) is 60.8 Å². The average Bonchev–Trinajstić information content (AvgIpc) is 3.70. The van der Waals surface area contributed by atoms with Gasteiger partial charge in [0.25, 0.3) is 0 Å². The van der Waals surface area contributed by atoms with Crippen LogP contribution in [0.5, 0.6) is 0 Å². The predicted octanol–water partition coefficient (Wildman–Crippen LogP) is 5.97.